The van der Waals surface area contributed by atoms with Crippen LogP contribution >= 0.6 is 0 Å². The fourth-order valence-electron chi connectivity index (χ4n) is 2.74. The lowest BCUT2D eigenvalue weighted by atomic mass is 10.1. The zero-order valence-electron chi connectivity index (χ0n) is 13.4. The Morgan fingerprint density at radius 3 is 2.27 bits per heavy atom. The van der Waals surface area contributed by atoms with Crippen LogP contribution in [0, 0.1) is 11.8 Å². The summed E-state index contributed by atoms with van der Waals surface area (Å²) in [6, 6.07) is 14.3. The highest BCUT2D eigenvalue weighted by molar-refractivity contribution is 6.04. The number of halogens is 3. The van der Waals surface area contributed by atoms with E-state index in [4.69, 9.17) is 0 Å². The summed E-state index contributed by atoms with van der Waals surface area (Å²) >= 11 is 0. The summed E-state index contributed by atoms with van der Waals surface area (Å²) in [5, 5.41) is 1.85. The van der Waals surface area contributed by atoms with E-state index < -0.39 is 11.7 Å². The number of alkyl halides is 3. The molecule has 4 aromatic rings. The summed E-state index contributed by atoms with van der Waals surface area (Å²) in [5.41, 5.74) is 2.13. The maximum Gasteiger partial charge on any atom is 0.416 e. The summed E-state index contributed by atoms with van der Waals surface area (Å²) in [6.07, 6.45) is -0.974. The van der Waals surface area contributed by atoms with Crippen LogP contribution in [0.5, 0.6) is 0 Å². The first-order valence-corrected chi connectivity index (χ1v) is 7.84. The third-order valence-electron chi connectivity index (χ3n) is 4.04. The lowest BCUT2D eigenvalue weighted by molar-refractivity contribution is -0.137. The van der Waals surface area contributed by atoms with Gasteiger partial charge in [-0.05, 0) is 36.4 Å². The van der Waals surface area contributed by atoms with Crippen LogP contribution in [-0.2, 0) is 6.18 Å². The van der Waals surface area contributed by atoms with E-state index in [2.05, 4.69) is 21.8 Å². The molecule has 26 heavy (non-hydrogen) atoms. The molecule has 126 valence electrons. The average Bonchev–Trinajstić information content (AvgIpc) is 2.65. The molecule has 5 heteroatoms. The number of hydrogen-bond donors (Lipinski definition) is 0. The summed E-state index contributed by atoms with van der Waals surface area (Å²) < 4.78 is 37.9. The first-order valence-electron chi connectivity index (χ1n) is 7.84. The van der Waals surface area contributed by atoms with Gasteiger partial charge in [0.05, 0.1) is 16.6 Å². The van der Waals surface area contributed by atoms with E-state index in [1.54, 1.807) is 18.5 Å². The van der Waals surface area contributed by atoms with Gasteiger partial charge in [0, 0.05) is 34.3 Å². The van der Waals surface area contributed by atoms with Crippen molar-refractivity contribution < 1.29 is 13.2 Å². The molecular formula is C21H11F3N2. The molecule has 0 amide bonds. The van der Waals surface area contributed by atoms with Crippen LogP contribution < -0.4 is 0 Å². The van der Waals surface area contributed by atoms with Crippen molar-refractivity contribution in [2.75, 3.05) is 0 Å². The lowest BCUT2D eigenvalue weighted by Gasteiger charge is -2.05. The van der Waals surface area contributed by atoms with Gasteiger partial charge in [-0.15, -0.1) is 0 Å². The molecule has 0 bridgehead atoms. The van der Waals surface area contributed by atoms with Gasteiger partial charge < -0.3 is 0 Å². The average molecular weight is 348 g/mol. The fraction of sp³-hybridized carbons (Fsp3) is 0.0476. The maximum absolute atomic E-state index is 12.6. The number of aromatic nitrogens is 2. The number of hydrogen-bond acceptors (Lipinski definition) is 2. The second-order valence-corrected chi connectivity index (χ2v) is 5.72. The Morgan fingerprint density at radius 2 is 1.50 bits per heavy atom. The molecule has 2 aromatic heterocycles. The van der Waals surface area contributed by atoms with E-state index in [1.807, 2.05) is 24.3 Å². The van der Waals surface area contributed by atoms with Gasteiger partial charge in [0.25, 0.3) is 0 Å². The third-order valence-corrected chi connectivity index (χ3v) is 4.04. The van der Waals surface area contributed by atoms with Crippen molar-refractivity contribution in [2.45, 2.75) is 6.18 Å². The van der Waals surface area contributed by atoms with Gasteiger partial charge >= 0.3 is 6.18 Å². The van der Waals surface area contributed by atoms with E-state index in [9.17, 15) is 13.2 Å². The van der Waals surface area contributed by atoms with Crippen LogP contribution in [-0.4, -0.2) is 9.97 Å². The van der Waals surface area contributed by atoms with Crippen molar-refractivity contribution in [1.29, 1.82) is 0 Å². The first kappa shape index (κ1) is 16.1. The maximum atomic E-state index is 12.6. The minimum atomic E-state index is -4.35. The molecule has 0 aliphatic carbocycles. The van der Waals surface area contributed by atoms with Crippen molar-refractivity contribution in [1.82, 2.24) is 9.97 Å². The van der Waals surface area contributed by atoms with Crippen molar-refractivity contribution in [2.24, 2.45) is 0 Å². The molecule has 0 atom stereocenters. The number of rotatable bonds is 0. The van der Waals surface area contributed by atoms with E-state index in [0.29, 0.717) is 5.56 Å². The molecule has 4 rings (SSSR count). The Bertz CT molecular complexity index is 1170. The standard InChI is InChI=1S/C21H11F3N2/c22-21(23,24)17-8-4-14(5-9-17)3-6-15-11-13-26-20-18(15)10-7-16-2-1-12-25-19(16)20/h1-2,4-5,7-13H. The highest BCUT2D eigenvalue weighted by Crippen LogP contribution is 2.29. The van der Waals surface area contributed by atoms with Crippen molar-refractivity contribution in [3.8, 4) is 11.8 Å². The van der Waals surface area contributed by atoms with Crippen LogP contribution in [0.3, 0.4) is 0 Å². The normalized spacial score (nSPS) is 11.3. The van der Waals surface area contributed by atoms with Crippen LogP contribution in [0.1, 0.15) is 16.7 Å². The molecule has 0 fully saturated rings. The van der Waals surface area contributed by atoms with Gasteiger partial charge in [-0.3, -0.25) is 9.97 Å². The quantitative estimate of drug-likeness (QED) is 0.322. The summed E-state index contributed by atoms with van der Waals surface area (Å²) in [7, 11) is 0. The highest BCUT2D eigenvalue weighted by atomic mass is 19.4. The van der Waals surface area contributed by atoms with Crippen molar-refractivity contribution >= 4 is 21.8 Å². The minimum absolute atomic E-state index is 0.516. The van der Waals surface area contributed by atoms with Gasteiger partial charge in [0.15, 0.2) is 0 Å². The molecule has 0 saturated heterocycles. The Morgan fingerprint density at radius 1 is 0.731 bits per heavy atom. The van der Waals surface area contributed by atoms with Crippen LogP contribution in [0.2, 0.25) is 0 Å². The third kappa shape index (κ3) is 2.98. The SMILES string of the molecule is FC(F)(F)c1ccc(C#Cc2ccnc3c2ccc2cccnc23)cc1. The number of benzene rings is 2. The predicted molar refractivity (Wildman–Crippen MR) is 94.5 cm³/mol. The van der Waals surface area contributed by atoms with Crippen LogP contribution in [0.25, 0.3) is 21.8 Å². The van der Waals surface area contributed by atoms with E-state index in [1.165, 1.54) is 12.1 Å². The summed E-state index contributed by atoms with van der Waals surface area (Å²) in [4.78, 5) is 8.79. The molecule has 0 spiro atoms. The van der Waals surface area contributed by atoms with Crippen molar-refractivity contribution in [3.05, 3.63) is 83.7 Å². The minimum Gasteiger partial charge on any atom is -0.254 e. The predicted octanol–water partition coefficient (Wildman–Crippen LogP) is 5.20. The molecule has 0 radical (unpaired) electrons. The number of nitrogens with zero attached hydrogens (tertiary/aromatic N) is 2. The second-order valence-electron chi connectivity index (χ2n) is 5.72. The molecule has 0 N–H and O–H groups in total. The second kappa shape index (κ2) is 6.16. The van der Waals surface area contributed by atoms with E-state index in [0.717, 1.165) is 39.5 Å². The largest absolute Gasteiger partial charge is 0.416 e. The Balaban J connectivity index is 1.77. The Kier molecular flexibility index (Phi) is 3.81. The zero-order valence-corrected chi connectivity index (χ0v) is 13.4. The van der Waals surface area contributed by atoms with Gasteiger partial charge in [-0.1, -0.05) is 30.0 Å². The van der Waals surface area contributed by atoms with E-state index >= 15 is 0 Å². The smallest absolute Gasteiger partial charge is 0.254 e. The Labute approximate surface area is 147 Å². The van der Waals surface area contributed by atoms with E-state index in [-0.39, 0.29) is 0 Å². The van der Waals surface area contributed by atoms with Crippen LogP contribution in [0.15, 0.2) is 67.0 Å². The highest BCUT2D eigenvalue weighted by Gasteiger charge is 2.29. The van der Waals surface area contributed by atoms with Gasteiger partial charge in [0.1, 0.15) is 0 Å². The lowest BCUT2D eigenvalue weighted by Crippen LogP contribution is -2.04. The van der Waals surface area contributed by atoms with Gasteiger partial charge in [-0.25, -0.2) is 0 Å². The number of pyridine rings is 2. The summed E-state index contributed by atoms with van der Waals surface area (Å²) in [6.45, 7) is 0. The molecule has 2 nitrogen and oxygen atoms in total. The molecule has 2 heterocycles. The molecule has 0 aliphatic rings. The molecule has 0 aliphatic heterocycles. The topological polar surface area (TPSA) is 25.8 Å². The fourth-order valence-corrected chi connectivity index (χ4v) is 2.74. The zero-order chi connectivity index (χ0) is 18.1. The number of fused-ring (bicyclic) bond motifs is 3. The summed E-state index contributed by atoms with van der Waals surface area (Å²) in [5.74, 6) is 5.94. The molecule has 0 saturated carbocycles. The molecule has 2 aromatic carbocycles. The van der Waals surface area contributed by atoms with Gasteiger partial charge in [-0.2, -0.15) is 13.2 Å². The monoisotopic (exact) mass is 348 g/mol. The molecule has 0 unspecified atom stereocenters. The first-order chi connectivity index (χ1) is 12.5. The molecular weight excluding hydrogens is 337 g/mol. The van der Waals surface area contributed by atoms with Crippen LogP contribution in [0.4, 0.5) is 13.2 Å². The van der Waals surface area contributed by atoms with Crippen molar-refractivity contribution in [3.63, 3.8) is 0 Å². The Hall–Kier alpha value is -3.39. The van der Waals surface area contributed by atoms with Gasteiger partial charge in [0.2, 0.25) is 0 Å².